The number of esters is 3. The summed E-state index contributed by atoms with van der Waals surface area (Å²) in [5.74, 6) is -2.88. The molecule has 3 aliphatic heterocycles. The van der Waals surface area contributed by atoms with Crippen molar-refractivity contribution in [2.24, 2.45) is 11.8 Å². The standard InChI is InChI=1S/C41H67NO15/c1-11-15-31(46)55-39-26(5)52-33(22-41(39,7)49)56-36-25(4)53-40(35(48)34(36)42(8)9)57-37-28(18-19-43)20-23(2)29(45)17-14-12-13-16-24(3)51-32(47)21-30(38(37)50-10)54-27(6)44/h12-14,17,19,23-26,28-30,33-40,45,48-49H,11,15-16,18,20-22H2,1-10H3/b13-12+,17-14-/t23-,24-,25-,26+,28?,29+,30?,33+,34-,35-,36-,37+,38+,39+,40+,41-/m1/s1. The number of rotatable bonds is 12. The molecule has 0 radical (unpaired) electrons. The van der Waals surface area contributed by atoms with Gasteiger partial charge in [-0.05, 0) is 66.5 Å². The van der Waals surface area contributed by atoms with Crippen molar-refractivity contribution in [3.63, 3.8) is 0 Å². The molecule has 2 saturated heterocycles. The van der Waals surface area contributed by atoms with Gasteiger partial charge in [-0.2, -0.15) is 0 Å². The normalized spacial score (nSPS) is 41.1. The number of carbonyl (C=O) groups is 4. The first-order chi connectivity index (χ1) is 26.8. The highest BCUT2D eigenvalue weighted by Crippen LogP contribution is 2.37. The van der Waals surface area contributed by atoms with E-state index in [1.165, 1.54) is 14.0 Å². The van der Waals surface area contributed by atoms with Crippen molar-refractivity contribution >= 4 is 24.2 Å². The molecule has 3 aliphatic rings. The van der Waals surface area contributed by atoms with E-state index in [0.29, 0.717) is 19.1 Å². The third-order valence-electron chi connectivity index (χ3n) is 10.8. The Morgan fingerprint density at radius 1 is 1.02 bits per heavy atom. The van der Waals surface area contributed by atoms with Crippen molar-refractivity contribution in [1.82, 2.24) is 4.90 Å². The van der Waals surface area contributed by atoms with Crippen molar-refractivity contribution < 1.29 is 72.4 Å². The number of nitrogens with zero attached hydrogens (tertiary/aromatic N) is 1. The fraction of sp³-hybridized carbons (Fsp3) is 0.805. The molecule has 0 spiro atoms. The summed E-state index contributed by atoms with van der Waals surface area (Å²) in [6.07, 6.45) is -3.45. The Labute approximate surface area is 337 Å². The van der Waals surface area contributed by atoms with Gasteiger partial charge in [0.2, 0.25) is 0 Å². The quantitative estimate of drug-likeness (QED) is 0.147. The number of hydrogen-bond donors (Lipinski definition) is 3. The van der Waals surface area contributed by atoms with Crippen LogP contribution in [0.5, 0.6) is 0 Å². The second-order valence-corrected chi connectivity index (χ2v) is 16.1. The SMILES string of the molecule is CCCC(=O)O[C@H]1[C@H](C)O[C@@H](O[C@H]2[C@H](N(C)C)[C@@H](O)[C@H](O[C@H]3C(CC=O)C[C@@H](C)[C@@H](O)/C=C\C=C\C[C@@H](C)OC(=O)CC(OC(C)=O)[C@@H]3OC)O[C@@H]2C)C[C@@]1(C)O. The van der Waals surface area contributed by atoms with Crippen molar-refractivity contribution in [3.8, 4) is 0 Å². The van der Waals surface area contributed by atoms with Crippen LogP contribution >= 0.6 is 0 Å². The van der Waals surface area contributed by atoms with Gasteiger partial charge in [-0.3, -0.25) is 14.4 Å². The summed E-state index contributed by atoms with van der Waals surface area (Å²) in [5, 5.41) is 34.5. The molecular weight excluding hydrogens is 746 g/mol. The lowest BCUT2D eigenvalue weighted by molar-refractivity contribution is -0.344. The van der Waals surface area contributed by atoms with Crippen LogP contribution in [0, 0.1) is 11.8 Å². The molecule has 16 nitrogen and oxygen atoms in total. The minimum Gasteiger partial charge on any atom is -0.462 e. The predicted octanol–water partition coefficient (Wildman–Crippen LogP) is 2.77. The molecule has 16 heteroatoms. The Balaban J connectivity index is 1.99. The second kappa shape index (κ2) is 22.5. The number of hydrogen-bond acceptors (Lipinski definition) is 16. The zero-order valence-corrected chi connectivity index (χ0v) is 35.2. The molecule has 3 heterocycles. The number of ether oxygens (including phenoxy) is 8. The molecule has 0 saturated carbocycles. The topological polar surface area (TPSA) is 206 Å². The summed E-state index contributed by atoms with van der Waals surface area (Å²) < 4.78 is 48.4. The smallest absolute Gasteiger partial charge is 0.309 e. The Morgan fingerprint density at radius 2 is 1.72 bits per heavy atom. The van der Waals surface area contributed by atoms with Gasteiger partial charge in [0.1, 0.15) is 42.4 Å². The average Bonchev–Trinajstić information content (AvgIpc) is 3.10. The lowest BCUT2D eigenvalue weighted by Crippen LogP contribution is -2.66. The Hall–Kier alpha value is -2.80. The van der Waals surface area contributed by atoms with Gasteiger partial charge in [-0.1, -0.05) is 38.2 Å². The zero-order chi connectivity index (χ0) is 42.6. The molecule has 57 heavy (non-hydrogen) atoms. The molecule has 326 valence electrons. The summed E-state index contributed by atoms with van der Waals surface area (Å²) >= 11 is 0. The van der Waals surface area contributed by atoms with Crippen LogP contribution in [0.15, 0.2) is 24.3 Å². The summed E-state index contributed by atoms with van der Waals surface area (Å²) in [4.78, 5) is 52.0. The summed E-state index contributed by atoms with van der Waals surface area (Å²) in [6, 6.07) is -0.779. The number of cyclic esters (lactones) is 1. The maximum Gasteiger partial charge on any atom is 0.309 e. The second-order valence-electron chi connectivity index (χ2n) is 16.1. The minimum atomic E-state index is -1.49. The van der Waals surface area contributed by atoms with E-state index in [4.69, 9.17) is 37.9 Å². The van der Waals surface area contributed by atoms with Crippen molar-refractivity contribution in [3.05, 3.63) is 24.3 Å². The maximum atomic E-state index is 13.2. The van der Waals surface area contributed by atoms with E-state index in [2.05, 4.69) is 0 Å². The van der Waals surface area contributed by atoms with Gasteiger partial charge >= 0.3 is 17.9 Å². The Bertz CT molecular complexity index is 1350. The predicted molar refractivity (Wildman–Crippen MR) is 205 cm³/mol. The van der Waals surface area contributed by atoms with Crippen molar-refractivity contribution in [2.75, 3.05) is 21.2 Å². The van der Waals surface area contributed by atoms with Crippen LogP contribution in [-0.2, 0) is 57.1 Å². The molecule has 3 N–H and O–H groups in total. The fourth-order valence-corrected chi connectivity index (χ4v) is 7.96. The number of aldehydes is 1. The zero-order valence-electron chi connectivity index (χ0n) is 35.2. The van der Waals surface area contributed by atoms with E-state index in [0.717, 1.165) is 0 Å². The van der Waals surface area contributed by atoms with Crippen molar-refractivity contribution in [1.29, 1.82) is 0 Å². The fourth-order valence-electron chi connectivity index (χ4n) is 7.96. The van der Waals surface area contributed by atoms with E-state index in [-0.39, 0.29) is 25.7 Å². The monoisotopic (exact) mass is 813 g/mol. The number of allylic oxidation sites excluding steroid dienone is 2. The van der Waals surface area contributed by atoms with Crippen molar-refractivity contribution in [2.45, 2.75) is 179 Å². The Kier molecular flexibility index (Phi) is 19.2. The van der Waals surface area contributed by atoms with Gasteiger partial charge in [0, 0.05) is 39.7 Å². The Morgan fingerprint density at radius 3 is 2.32 bits per heavy atom. The average molecular weight is 814 g/mol. The van der Waals surface area contributed by atoms with E-state index in [9.17, 15) is 34.5 Å². The minimum absolute atomic E-state index is 0.0416. The van der Waals surface area contributed by atoms with E-state index < -0.39 is 121 Å². The molecule has 3 rings (SSSR count). The number of carbonyl (C=O) groups excluding carboxylic acids is 4. The van der Waals surface area contributed by atoms with E-state index >= 15 is 0 Å². The van der Waals surface area contributed by atoms with Crippen LogP contribution in [0.3, 0.4) is 0 Å². The van der Waals surface area contributed by atoms with Crippen LogP contribution in [0.1, 0.15) is 93.4 Å². The summed E-state index contributed by atoms with van der Waals surface area (Å²) in [5.41, 5.74) is -1.49. The molecule has 0 bridgehead atoms. The highest BCUT2D eigenvalue weighted by atomic mass is 16.7. The highest BCUT2D eigenvalue weighted by molar-refractivity contribution is 5.72. The van der Waals surface area contributed by atoms with Crippen LogP contribution in [0.2, 0.25) is 0 Å². The largest absolute Gasteiger partial charge is 0.462 e. The van der Waals surface area contributed by atoms with Crippen LogP contribution in [0.25, 0.3) is 0 Å². The molecule has 0 aromatic rings. The van der Waals surface area contributed by atoms with Gasteiger partial charge in [-0.15, -0.1) is 0 Å². The van der Waals surface area contributed by atoms with Gasteiger partial charge in [0.15, 0.2) is 18.7 Å². The third-order valence-corrected chi connectivity index (χ3v) is 10.8. The van der Waals surface area contributed by atoms with Crippen LogP contribution < -0.4 is 0 Å². The molecule has 2 fully saturated rings. The number of aliphatic hydroxyl groups is 3. The maximum absolute atomic E-state index is 13.2. The first-order valence-electron chi connectivity index (χ1n) is 20.1. The summed E-state index contributed by atoms with van der Waals surface area (Å²) in [7, 11) is 4.85. The van der Waals surface area contributed by atoms with E-state index in [1.807, 2.05) is 13.8 Å². The highest BCUT2D eigenvalue weighted by Gasteiger charge is 2.53. The van der Waals surface area contributed by atoms with Gasteiger partial charge in [0.05, 0.1) is 36.9 Å². The van der Waals surface area contributed by atoms with Gasteiger partial charge in [-0.25, -0.2) is 0 Å². The molecule has 0 aliphatic carbocycles. The lowest BCUT2D eigenvalue weighted by atomic mass is 9.82. The number of likely N-dealkylation sites (N-methyl/N-ethyl adjacent to an activating group) is 1. The number of aliphatic hydroxyl groups excluding tert-OH is 2. The lowest BCUT2D eigenvalue weighted by Gasteiger charge is -2.50. The van der Waals surface area contributed by atoms with Crippen LogP contribution in [0.4, 0.5) is 0 Å². The first kappa shape index (κ1) is 48.6. The molecule has 2 unspecified atom stereocenters. The van der Waals surface area contributed by atoms with Gasteiger partial charge < -0.3 is 62.9 Å². The molecule has 16 atom stereocenters. The summed E-state index contributed by atoms with van der Waals surface area (Å²) in [6.45, 7) is 11.6. The third kappa shape index (κ3) is 13.9. The molecule has 0 aromatic carbocycles. The molecule has 0 amide bonds. The molecular formula is C41H67NO15. The number of methoxy groups -OCH3 is 1. The van der Waals surface area contributed by atoms with Gasteiger partial charge in [0.25, 0.3) is 0 Å². The van der Waals surface area contributed by atoms with E-state index in [1.54, 1.807) is 71.0 Å². The van der Waals surface area contributed by atoms with Crippen LogP contribution in [-0.4, -0.2) is 151 Å². The molecule has 0 aromatic heterocycles. The first-order valence-corrected chi connectivity index (χ1v) is 20.1.